The molecule has 2 nitrogen and oxygen atoms in total. The summed E-state index contributed by atoms with van der Waals surface area (Å²) in [6, 6.07) is 1.33. The molecule has 15 heavy (non-hydrogen) atoms. The van der Waals surface area contributed by atoms with E-state index in [0.29, 0.717) is 18.0 Å². The van der Waals surface area contributed by atoms with Crippen LogP contribution in [-0.4, -0.2) is 34.2 Å². The van der Waals surface area contributed by atoms with Gasteiger partial charge in [0.05, 0.1) is 5.60 Å². The summed E-state index contributed by atoms with van der Waals surface area (Å²) in [5, 5.41) is 10.6. The first-order valence-corrected chi connectivity index (χ1v) is 6.52. The summed E-state index contributed by atoms with van der Waals surface area (Å²) in [6.45, 7) is 7.84. The topological polar surface area (TPSA) is 23.5 Å². The third-order valence-corrected chi connectivity index (χ3v) is 4.16. The molecule has 0 aromatic rings. The van der Waals surface area contributed by atoms with Crippen LogP contribution in [0.4, 0.5) is 0 Å². The zero-order chi connectivity index (χ0) is 11.1. The van der Waals surface area contributed by atoms with Crippen LogP contribution in [0.2, 0.25) is 0 Å². The van der Waals surface area contributed by atoms with Gasteiger partial charge in [0.1, 0.15) is 0 Å². The van der Waals surface area contributed by atoms with Gasteiger partial charge in [-0.2, -0.15) is 0 Å². The molecule has 2 heteroatoms. The predicted octanol–water partition coefficient (Wildman–Crippen LogP) is 2.41. The Morgan fingerprint density at radius 1 is 1.27 bits per heavy atom. The molecule has 0 saturated carbocycles. The lowest BCUT2D eigenvalue weighted by molar-refractivity contribution is -0.0627. The van der Waals surface area contributed by atoms with E-state index in [1.165, 1.54) is 12.8 Å². The van der Waals surface area contributed by atoms with Crippen molar-refractivity contribution < 1.29 is 5.11 Å². The molecule has 0 aromatic heterocycles. The largest absolute Gasteiger partial charge is 0.390 e. The maximum Gasteiger partial charge on any atom is 0.0680 e. The Morgan fingerprint density at radius 2 is 1.80 bits per heavy atom. The van der Waals surface area contributed by atoms with E-state index in [2.05, 4.69) is 25.7 Å². The van der Waals surface area contributed by atoms with E-state index < -0.39 is 0 Å². The number of fused-ring (bicyclic) bond motifs is 2. The quantitative estimate of drug-likeness (QED) is 0.775. The van der Waals surface area contributed by atoms with Crippen molar-refractivity contribution in [2.24, 2.45) is 5.92 Å². The lowest BCUT2D eigenvalue weighted by atomic mass is 9.80. The van der Waals surface area contributed by atoms with Crippen LogP contribution in [0.25, 0.3) is 0 Å². The molecule has 2 rings (SSSR count). The molecule has 2 fully saturated rings. The zero-order valence-corrected chi connectivity index (χ0v) is 10.4. The van der Waals surface area contributed by atoms with Crippen LogP contribution in [-0.2, 0) is 0 Å². The van der Waals surface area contributed by atoms with Crippen molar-refractivity contribution in [1.82, 2.24) is 4.90 Å². The minimum atomic E-state index is -0.355. The lowest BCUT2D eigenvalue weighted by Crippen LogP contribution is -2.51. The number of hydrogen-bond donors (Lipinski definition) is 1. The fraction of sp³-hybridized carbons (Fsp3) is 1.00. The summed E-state index contributed by atoms with van der Waals surface area (Å²) < 4.78 is 0. The van der Waals surface area contributed by atoms with E-state index in [9.17, 15) is 5.11 Å². The first-order valence-electron chi connectivity index (χ1n) is 6.52. The summed E-state index contributed by atoms with van der Waals surface area (Å²) >= 11 is 0. The smallest absolute Gasteiger partial charge is 0.0680 e. The fourth-order valence-corrected chi connectivity index (χ4v) is 3.86. The molecule has 0 radical (unpaired) electrons. The van der Waals surface area contributed by atoms with Crippen LogP contribution < -0.4 is 0 Å². The minimum absolute atomic E-state index is 0.355. The molecular weight excluding hydrogens is 186 g/mol. The number of hydrogen-bond acceptors (Lipinski definition) is 2. The number of nitrogens with zero attached hydrogens (tertiary/aromatic N) is 1. The van der Waals surface area contributed by atoms with Crippen LogP contribution in [0, 0.1) is 5.92 Å². The molecule has 2 unspecified atom stereocenters. The first kappa shape index (κ1) is 11.4. The van der Waals surface area contributed by atoms with Gasteiger partial charge in [-0.15, -0.1) is 0 Å². The molecule has 1 N–H and O–H groups in total. The Morgan fingerprint density at radius 3 is 2.20 bits per heavy atom. The Hall–Kier alpha value is -0.0800. The zero-order valence-electron chi connectivity index (χ0n) is 10.4. The van der Waals surface area contributed by atoms with Crippen molar-refractivity contribution in [2.45, 2.75) is 70.6 Å². The average Bonchev–Trinajstić information content (AvgIpc) is 2.37. The summed E-state index contributed by atoms with van der Waals surface area (Å²) in [5.74, 6) is 0.613. The molecule has 0 spiro atoms. The van der Waals surface area contributed by atoms with Crippen molar-refractivity contribution in [3.05, 3.63) is 0 Å². The van der Waals surface area contributed by atoms with Gasteiger partial charge in [0.25, 0.3) is 0 Å². The number of piperidine rings is 1. The second-order valence-corrected chi connectivity index (χ2v) is 5.95. The second-order valence-electron chi connectivity index (χ2n) is 5.95. The fourth-order valence-electron chi connectivity index (χ4n) is 3.86. The average molecular weight is 211 g/mol. The van der Waals surface area contributed by atoms with Crippen LogP contribution in [0.15, 0.2) is 0 Å². The van der Waals surface area contributed by atoms with Crippen molar-refractivity contribution in [3.8, 4) is 0 Å². The summed E-state index contributed by atoms with van der Waals surface area (Å²) in [4.78, 5) is 2.61. The van der Waals surface area contributed by atoms with Crippen molar-refractivity contribution in [2.75, 3.05) is 6.54 Å². The SMILES string of the molecule is CCN1C2CCC1CC(O)(CC(C)C)C2. The number of aliphatic hydroxyl groups is 1. The molecule has 0 aromatic carbocycles. The molecule has 2 aliphatic heterocycles. The van der Waals surface area contributed by atoms with Gasteiger partial charge in [0.2, 0.25) is 0 Å². The van der Waals surface area contributed by atoms with E-state index in [-0.39, 0.29) is 5.60 Å². The summed E-state index contributed by atoms with van der Waals surface area (Å²) in [5.41, 5.74) is -0.355. The molecule has 0 aliphatic carbocycles. The molecule has 2 heterocycles. The minimum Gasteiger partial charge on any atom is -0.390 e. The van der Waals surface area contributed by atoms with E-state index in [4.69, 9.17) is 0 Å². The highest BCUT2D eigenvalue weighted by Crippen LogP contribution is 2.42. The summed E-state index contributed by atoms with van der Waals surface area (Å²) in [6.07, 6.45) is 5.61. The molecule has 2 atom stereocenters. The monoisotopic (exact) mass is 211 g/mol. The number of rotatable bonds is 3. The lowest BCUT2D eigenvalue weighted by Gasteiger charge is -2.44. The highest BCUT2D eigenvalue weighted by molar-refractivity contribution is 5.01. The van der Waals surface area contributed by atoms with E-state index in [0.717, 1.165) is 25.8 Å². The van der Waals surface area contributed by atoms with Crippen LogP contribution >= 0.6 is 0 Å². The highest BCUT2D eigenvalue weighted by Gasteiger charge is 2.46. The predicted molar refractivity (Wildman–Crippen MR) is 62.8 cm³/mol. The van der Waals surface area contributed by atoms with Gasteiger partial charge in [-0.3, -0.25) is 4.90 Å². The van der Waals surface area contributed by atoms with Crippen molar-refractivity contribution in [3.63, 3.8) is 0 Å². The van der Waals surface area contributed by atoms with Gasteiger partial charge in [0.15, 0.2) is 0 Å². The van der Waals surface area contributed by atoms with Crippen molar-refractivity contribution in [1.29, 1.82) is 0 Å². The Balaban J connectivity index is 2.04. The third-order valence-electron chi connectivity index (χ3n) is 4.16. The molecule has 88 valence electrons. The van der Waals surface area contributed by atoms with Gasteiger partial charge >= 0.3 is 0 Å². The molecule has 2 bridgehead atoms. The van der Waals surface area contributed by atoms with Gasteiger partial charge in [0, 0.05) is 12.1 Å². The molecule has 0 amide bonds. The Bertz CT molecular complexity index is 213. The van der Waals surface area contributed by atoms with E-state index in [1.54, 1.807) is 0 Å². The highest BCUT2D eigenvalue weighted by atomic mass is 16.3. The maximum atomic E-state index is 10.6. The van der Waals surface area contributed by atoms with Crippen LogP contribution in [0.3, 0.4) is 0 Å². The van der Waals surface area contributed by atoms with E-state index >= 15 is 0 Å². The Kier molecular flexibility index (Phi) is 3.09. The van der Waals surface area contributed by atoms with Gasteiger partial charge in [-0.1, -0.05) is 20.8 Å². The van der Waals surface area contributed by atoms with Gasteiger partial charge in [-0.25, -0.2) is 0 Å². The molecular formula is C13H25NO. The summed E-state index contributed by atoms with van der Waals surface area (Å²) in [7, 11) is 0. The maximum absolute atomic E-state index is 10.6. The third kappa shape index (κ3) is 2.21. The molecule has 2 aliphatic rings. The van der Waals surface area contributed by atoms with Gasteiger partial charge in [-0.05, 0) is 44.6 Å². The second kappa shape index (κ2) is 4.06. The van der Waals surface area contributed by atoms with Gasteiger partial charge < -0.3 is 5.11 Å². The molecule has 2 saturated heterocycles. The van der Waals surface area contributed by atoms with Crippen LogP contribution in [0.1, 0.15) is 52.9 Å². The Labute approximate surface area is 93.7 Å². The first-order chi connectivity index (χ1) is 7.04. The normalized spacial score (nSPS) is 41.4. The standard InChI is InChI=1S/C13H25NO/c1-4-14-11-5-6-12(14)9-13(15,8-11)7-10(2)3/h10-12,15H,4-9H2,1-3H3. The van der Waals surface area contributed by atoms with E-state index in [1.807, 2.05) is 0 Å². The van der Waals surface area contributed by atoms with Crippen molar-refractivity contribution >= 4 is 0 Å². The van der Waals surface area contributed by atoms with Crippen LogP contribution in [0.5, 0.6) is 0 Å².